The quantitative estimate of drug-likeness (QED) is 0.764. The number of halogens is 1. The van der Waals surface area contributed by atoms with E-state index in [4.69, 9.17) is 11.6 Å². The van der Waals surface area contributed by atoms with Gasteiger partial charge in [-0.2, -0.15) is 16.1 Å². The van der Waals surface area contributed by atoms with E-state index in [1.165, 1.54) is 16.6 Å². The third-order valence-corrected chi connectivity index (χ3v) is 7.25. The first-order valence-electron chi connectivity index (χ1n) is 8.33. The van der Waals surface area contributed by atoms with Gasteiger partial charge in [-0.3, -0.25) is 4.79 Å². The van der Waals surface area contributed by atoms with Gasteiger partial charge < -0.3 is 15.2 Å². The van der Waals surface area contributed by atoms with E-state index in [0.29, 0.717) is 23.8 Å². The van der Waals surface area contributed by atoms with Crippen LogP contribution in [0.2, 0.25) is 5.02 Å². The Morgan fingerprint density at radius 1 is 1.26 bits per heavy atom. The van der Waals surface area contributed by atoms with Gasteiger partial charge in [-0.25, -0.2) is 8.42 Å². The van der Waals surface area contributed by atoms with Gasteiger partial charge in [-0.1, -0.05) is 11.6 Å². The van der Waals surface area contributed by atoms with E-state index >= 15 is 0 Å². The van der Waals surface area contributed by atoms with Gasteiger partial charge in [0.05, 0.1) is 11.4 Å². The van der Waals surface area contributed by atoms with Gasteiger partial charge in [-0.15, -0.1) is 0 Å². The molecule has 0 bridgehead atoms. The molecule has 1 aromatic heterocycles. The minimum atomic E-state index is -3.60. The maximum absolute atomic E-state index is 12.7. The van der Waals surface area contributed by atoms with Crippen molar-refractivity contribution in [3.63, 3.8) is 0 Å². The van der Waals surface area contributed by atoms with Crippen molar-refractivity contribution in [3.8, 4) is 0 Å². The molecule has 0 spiro atoms. The summed E-state index contributed by atoms with van der Waals surface area (Å²) >= 11 is 7.77. The largest absolute Gasteiger partial charge is 0.376 e. The molecule has 0 atom stereocenters. The molecule has 1 aliphatic rings. The highest BCUT2D eigenvalue weighted by atomic mass is 35.5. The van der Waals surface area contributed by atoms with Crippen molar-refractivity contribution in [2.75, 3.05) is 48.9 Å². The molecule has 0 aliphatic carbocycles. The number of benzene rings is 1. The number of rotatable bonds is 5. The molecule has 0 saturated carbocycles. The lowest BCUT2D eigenvalue weighted by atomic mass is 10.2. The number of nitrogens with zero attached hydrogens (tertiary/aromatic N) is 2. The van der Waals surface area contributed by atoms with Crippen LogP contribution >= 0.6 is 23.4 Å². The summed E-state index contributed by atoms with van der Waals surface area (Å²) in [6, 6.07) is 6.56. The molecule has 10 heteroatoms. The molecule has 27 heavy (non-hydrogen) atoms. The molecule has 2 aromatic rings. The molecular weight excluding hydrogens is 408 g/mol. The summed E-state index contributed by atoms with van der Waals surface area (Å²) < 4.78 is 26.9. The number of aromatic nitrogens is 1. The zero-order valence-electron chi connectivity index (χ0n) is 15.0. The average molecular weight is 429 g/mol. The highest BCUT2D eigenvalue weighted by molar-refractivity contribution is 7.99. The molecule has 0 unspecified atom stereocenters. The predicted molar refractivity (Wildman–Crippen MR) is 111 cm³/mol. The van der Waals surface area contributed by atoms with E-state index in [0.717, 1.165) is 17.2 Å². The zero-order chi connectivity index (χ0) is 19.6. The summed E-state index contributed by atoms with van der Waals surface area (Å²) in [6.45, 7) is 0.961. The lowest BCUT2D eigenvalue weighted by Gasteiger charge is -2.24. The van der Waals surface area contributed by atoms with Crippen LogP contribution in [-0.4, -0.2) is 62.3 Å². The molecule has 7 nitrogen and oxygen atoms in total. The normalized spacial score (nSPS) is 15.5. The maximum atomic E-state index is 12.7. The number of carbonyl (C=O) groups is 1. The van der Waals surface area contributed by atoms with Crippen LogP contribution < -0.4 is 10.2 Å². The second-order valence-electron chi connectivity index (χ2n) is 6.28. The van der Waals surface area contributed by atoms with E-state index in [-0.39, 0.29) is 10.6 Å². The standard InChI is InChI=1S/C17H21ClN4O3S2/c1-21(2)16-4-3-12(18)9-14(16)20-17(23)15-10-13(11-19-15)27(24,25)22-5-7-26-8-6-22/h3-4,9-11,19H,5-8H2,1-2H3,(H,20,23). The Kier molecular flexibility index (Phi) is 6.05. The van der Waals surface area contributed by atoms with Crippen LogP contribution in [0.4, 0.5) is 11.4 Å². The summed E-state index contributed by atoms with van der Waals surface area (Å²) in [4.78, 5) is 17.3. The van der Waals surface area contributed by atoms with E-state index in [2.05, 4.69) is 10.3 Å². The van der Waals surface area contributed by atoms with Crippen molar-refractivity contribution in [2.45, 2.75) is 4.90 Å². The number of sulfonamides is 1. The Balaban J connectivity index is 1.81. The molecule has 1 aliphatic heterocycles. The van der Waals surface area contributed by atoms with Crippen LogP contribution in [-0.2, 0) is 10.0 Å². The molecule has 1 aromatic carbocycles. The van der Waals surface area contributed by atoms with Crippen LogP contribution in [0.3, 0.4) is 0 Å². The fourth-order valence-electron chi connectivity index (χ4n) is 2.78. The van der Waals surface area contributed by atoms with Gasteiger partial charge in [0.15, 0.2) is 0 Å². The van der Waals surface area contributed by atoms with Crippen LogP contribution in [0.15, 0.2) is 35.4 Å². The molecule has 3 rings (SSSR count). The Morgan fingerprint density at radius 2 is 1.96 bits per heavy atom. The van der Waals surface area contributed by atoms with Crippen molar-refractivity contribution in [1.29, 1.82) is 0 Å². The number of thioether (sulfide) groups is 1. The highest BCUT2D eigenvalue weighted by Crippen LogP contribution is 2.28. The molecular formula is C17H21ClN4O3S2. The predicted octanol–water partition coefficient (Wildman–Crippen LogP) is 2.72. The highest BCUT2D eigenvalue weighted by Gasteiger charge is 2.28. The average Bonchev–Trinajstić information content (AvgIpc) is 3.13. The number of aromatic amines is 1. The van der Waals surface area contributed by atoms with Crippen LogP contribution in [0.25, 0.3) is 0 Å². The summed E-state index contributed by atoms with van der Waals surface area (Å²) in [7, 11) is 0.116. The van der Waals surface area contributed by atoms with Crippen molar-refractivity contribution in [3.05, 3.63) is 41.2 Å². The minimum Gasteiger partial charge on any atom is -0.376 e. The summed E-state index contributed by atoms with van der Waals surface area (Å²) in [6.07, 6.45) is 1.36. The van der Waals surface area contributed by atoms with Gasteiger partial charge in [0.1, 0.15) is 10.6 Å². The first-order valence-corrected chi connectivity index (χ1v) is 11.3. The number of anilines is 2. The SMILES string of the molecule is CN(C)c1ccc(Cl)cc1NC(=O)c1cc(S(=O)(=O)N2CCSCC2)c[nH]1. The Bertz CT molecular complexity index is 937. The van der Waals surface area contributed by atoms with Gasteiger partial charge in [0, 0.05) is 49.9 Å². The van der Waals surface area contributed by atoms with E-state index in [9.17, 15) is 13.2 Å². The molecule has 1 fully saturated rings. The van der Waals surface area contributed by atoms with Crippen molar-refractivity contribution >= 4 is 50.7 Å². The van der Waals surface area contributed by atoms with Gasteiger partial charge in [0.25, 0.3) is 5.91 Å². The Labute approximate surface area is 168 Å². The third kappa shape index (κ3) is 4.43. The molecule has 2 N–H and O–H groups in total. The van der Waals surface area contributed by atoms with Gasteiger partial charge >= 0.3 is 0 Å². The van der Waals surface area contributed by atoms with Crippen LogP contribution in [0.5, 0.6) is 0 Å². The molecule has 2 heterocycles. The fraction of sp³-hybridized carbons (Fsp3) is 0.353. The smallest absolute Gasteiger partial charge is 0.272 e. The minimum absolute atomic E-state index is 0.0958. The van der Waals surface area contributed by atoms with Crippen LogP contribution in [0.1, 0.15) is 10.5 Å². The van der Waals surface area contributed by atoms with E-state index in [1.807, 2.05) is 19.0 Å². The first-order chi connectivity index (χ1) is 12.8. The second-order valence-corrected chi connectivity index (χ2v) is 9.87. The number of nitrogens with one attached hydrogen (secondary N) is 2. The van der Waals surface area contributed by atoms with Gasteiger partial charge in [-0.05, 0) is 24.3 Å². The monoisotopic (exact) mass is 428 g/mol. The summed E-state index contributed by atoms with van der Waals surface area (Å²) in [5, 5.41) is 3.28. The number of hydrogen-bond donors (Lipinski definition) is 2. The van der Waals surface area contributed by atoms with Crippen molar-refractivity contribution < 1.29 is 13.2 Å². The summed E-state index contributed by atoms with van der Waals surface area (Å²) in [5.74, 6) is 1.12. The van der Waals surface area contributed by atoms with Gasteiger partial charge in [0.2, 0.25) is 10.0 Å². The van der Waals surface area contributed by atoms with E-state index in [1.54, 1.807) is 30.0 Å². The third-order valence-electron chi connectivity index (χ3n) is 4.20. The Morgan fingerprint density at radius 3 is 2.63 bits per heavy atom. The Hall–Kier alpha value is -1.68. The number of H-pyrrole nitrogens is 1. The number of amides is 1. The number of carbonyl (C=O) groups excluding carboxylic acids is 1. The molecule has 146 valence electrons. The summed E-state index contributed by atoms with van der Waals surface area (Å²) in [5.41, 5.74) is 1.51. The lowest BCUT2D eigenvalue weighted by Crippen LogP contribution is -2.37. The lowest BCUT2D eigenvalue weighted by molar-refractivity contribution is 0.102. The van der Waals surface area contributed by atoms with Crippen LogP contribution in [0, 0.1) is 0 Å². The number of hydrogen-bond acceptors (Lipinski definition) is 5. The maximum Gasteiger partial charge on any atom is 0.272 e. The molecule has 1 amide bonds. The van der Waals surface area contributed by atoms with E-state index < -0.39 is 15.9 Å². The molecule has 0 radical (unpaired) electrons. The second kappa shape index (κ2) is 8.14. The van der Waals surface area contributed by atoms with Crippen molar-refractivity contribution in [1.82, 2.24) is 9.29 Å². The topological polar surface area (TPSA) is 85.5 Å². The van der Waals surface area contributed by atoms with Crippen molar-refractivity contribution in [2.24, 2.45) is 0 Å². The molecule has 1 saturated heterocycles. The fourth-order valence-corrected chi connectivity index (χ4v) is 5.52. The first kappa shape index (κ1) is 20.1. The zero-order valence-corrected chi connectivity index (χ0v) is 17.4.